The molecule has 3 aromatic carbocycles. The molecule has 0 aromatic heterocycles. The van der Waals surface area contributed by atoms with Crippen LogP contribution in [0.1, 0.15) is 34.5 Å². The summed E-state index contributed by atoms with van der Waals surface area (Å²) >= 11 is 12.1. The highest BCUT2D eigenvalue weighted by Gasteiger charge is 2.09. The molecule has 0 bridgehead atoms. The first-order chi connectivity index (χ1) is 14.0. The van der Waals surface area contributed by atoms with Crippen molar-refractivity contribution in [2.45, 2.75) is 19.5 Å². The first-order valence-corrected chi connectivity index (χ1v) is 9.94. The lowest BCUT2D eigenvalue weighted by Gasteiger charge is -2.15. The number of rotatable bonds is 7. The minimum atomic E-state index is -0.165. The molecule has 0 aliphatic rings. The number of nitrogens with one attached hydrogen (secondary N) is 2. The monoisotopic (exact) mass is 428 g/mol. The van der Waals surface area contributed by atoms with E-state index in [-0.39, 0.29) is 11.9 Å². The fraction of sp³-hybridized carbons (Fsp3) is 0.174. The van der Waals surface area contributed by atoms with Crippen molar-refractivity contribution < 1.29 is 9.53 Å². The lowest BCUT2D eigenvalue weighted by atomic mass is 10.1. The molecule has 1 atom stereocenters. The fourth-order valence-corrected chi connectivity index (χ4v) is 3.18. The van der Waals surface area contributed by atoms with Crippen molar-refractivity contribution in [3.63, 3.8) is 0 Å². The van der Waals surface area contributed by atoms with E-state index >= 15 is 0 Å². The van der Waals surface area contributed by atoms with Crippen LogP contribution in [0.4, 0.5) is 5.69 Å². The molecular weight excluding hydrogens is 407 g/mol. The lowest BCUT2D eigenvalue weighted by molar-refractivity contribution is 0.102. The number of amides is 1. The molecule has 0 aliphatic heterocycles. The lowest BCUT2D eigenvalue weighted by Crippen LogP contribution is -2.18. The van der Waals surface area contributed by atoms with Crippen molar-refractivity contribution in [3.8, 4) is 5.75 Å². The van der Waals surface area contributed by atoms with Crippen molar-refractivity contribution >= 4 is 34.8 Å². The number of carbonyl (C=O) groups excluding carboxylic acids is 1. The highest BCUT2D eigenvalue weighted by atomic mass is 35.5. The van der Waals surface area contributed by atoms with Crippen LogP contribution in [-0.2, 0) is 6.54 Å². The Kier molecular flexibility index (Phi) is 7.15. The number of hydrogen-bond donors (Lipinski definition) is 2. The quantitative estimate of drug-likeness (QED) is 0.477. The molecule has 0 saturated heterocycles. The van der Waals surface area contributed by atoms with E-state index in [1.807, 2.05) is 36.4 Å². The van der Waals surface area contributed by atoms with Gasteiger partial charge in [0.25, 0.3) is 5.91 Å². The number of ether oxygens (including phenoxy) is 1. The Morgan fingerprint density at radius 2 is 1.76 bits per heavy atom. The molecule has 3 aromatic rings. The van der Waals surface area contributed by atoms with E-state index in [4.69, 9.17) is 27.9 Å². The van der Waals surface area contributed by atoms with Crippen LogP contribution in [-0.4, -0.2) is 13.0 Å². The second-order valence-corrected chi connectivity index (χ2v) is 7.47. The summed E-state index contributed by atoms with van der Waals surface area (Å²) in [6.45, 7) is 2.71. The second kappa shape index (κ2) is 9.79. The Labute approximate surface area is 180 Å². The summed E-state index contributed by atoms with van der Waals surface area (Å²) in [7, 11) is 1.59. The number of anilines is 1. The van der Waals surface area contributed by atoms with E-state index in [1.54, 1.807) is 37.4 Å². The van der Waals surface area contributed by atoms with Gasteiger partial charge in [-0.15, -0.1) is 0 Å². The van der Waals surface area contributed by atoms with E-state index < -0.39 is 0 Å². The molecule has 2 N–H and O–H groups in total. The van der Waals surface area contributed by atoms with Crippen LogP contribution in [0.3, 0.4) is 0 Å². The predicted molar refractivity (Wildman–Crippen MR) is 119 cm³/mol. The molecule has 29 heavy (non-hydrogen) atoms. The molecule has 0 radical (unpaired) electrons. The van der Waals surface area contributed by atoms with E-state index in [9.17, 15) is 4.79 Å². The normalized spacial score (nSPS) is 11.7. The van der Waals surface area contributed by atoms with Gasteiger partial charge in [-0.3, -0.25) is 4.79 Å². The van der Waals surface area contributed by atoms with Crippen LogP contribution in [0.15, 0.2) is 66.7 Å². The molecule has 1 unspecified atom stereocenters. The zero-order chi connectivity index (χ0) is 20.8. The maximum atomic E-state index is 12.4. The number of carbonyl (C=O) groups is 1. The largest absolute Gasteiger partial charge is 0.497 e. The van der Waals surface area contributed by atoms with Gasteiger partial charge >= 0.3 is 0 Å². The summed E-state index contributed by atoms with van der Waals surface area (Å²) in [4.78, 5) is 12.4. The zero-order valence-electron chi connectivity index (χ0n) is 16.2. The van der Waals surface area contributed by atoms with Gasteiger partial charge in [0, 0.05) is 23.8 Å². The van der Waals surface area contributed by atoms with Gasteiger partial charge in [0.15, 0.2) is 0 Å². The Bertz CT molecular complexity index is 990. The summed E-state index contributed by atoms with van der Waals surface area (Å²) in [5.41, 5.74) is 3.43. The number of halogens is 2. The molecule has 4 nitrogen and oxygen atoms in total. The summed E-state index contributed by atoms with van der Waals surface area (Å²) in [6.07, 6.45) is 0. The molecule has 0 fully saturated rings. The SMILES string of the molecule is COc1ccc(C(=O)Nc2cccc(CNC(C)c3ccc(Cl)c(Cl)c3)c2)cc1. The van der Waals surface area contributed by atoms with Crippen molar-refractivity contribution in [2.24, 2.45) is 0 Å². The molecule has 0 aliphatic carbocycles. The smallest absolute Gasteiger partial charge is 0.255 e. The Morgan fingerprint density at radius 3 is 2.45 bits per heavy atom. The van der Waals surface area contributed by atoms with Gasteiger partial charge in [0.05, 0.1) is 17.2 Å². The van der Waals surface area contributed by atoms with E-state index in [2.05, 4.69) is 17.6 Å². The molecule has 0 saturated carbocycles. The summed E-state index contributed by atoms with van der Waals surface area (Å²) in [6, 6.07) is 20.5. The minimum Gasteiger partial charge on any atom is -0.497 e. The van der Waals surface area contributed by atoms with Gasteiger partial charge < -0.3 is 15.4 Å². The summed E-state index contributed by atoms with van der Waals surface area (Å²) in [5.74, 6) is 0.549. The third-order valence-corrected chi connectivity index (χ3v) is 5.33. The molecule has 1 amide bonds. The second-order valence-electron chi connectivity index (χ2n) is 6.66. The maximum absolute atomic E-state index is 12.4. The summed E-state index contributed by atoms with van der Waals surface area (Å²) in [5, 5.41) is 7.47. The van der Waals surface area contributed by atoms with Crippen LogP contribution in [0.5, 0.6) is 5.75 Å². The molecule has 0 heterocycles. The van der Waals surface area contributed by atoms with Crippen LogP contribution in [0.25, 0.3) is 0 Å². The van der Waals surface area contributed by atoms with Gasteiger partial charge in [0.1, 0.15) is 5.75 Å². The van der Waals surface area contributed by atoms with Crippen molar-refractivity contribution in [1.29, 1.82) is 0 Å². The van der Waals surface area contributed by atoms with Crippen molar-refractivity contribution in [1.82, 2.24) is 5.32 Å². The molecule has 3 rings (SSSR count). The molecule has 0 spiro atoms. The van der Waals surface area contributed by atoms with Gasteiger partial charge in [-0.05, 0) is 66.6 Å². The minimum absolute atomic E-state index is 0.0994. The fourth-order valence-electron chi connectivity index (χ4n) is 2.88. The van der Waals surface area contributed by atoms with Gasteiger partial charge in [-0.25, -0.2) is 0 Å². The highest BCUT2D eigenvalue weighted by molar-refractivity contribution is 6.42. The topological polar surface area (TPSA) is 50.4 Å². The molecule has 150 valence electrons. The zero-order valence-corrected chi connectivity index (χ0v) is 17.7. The average molecular weight is 429 g/mol. The van der Waals surface area contributed by atoms with Crippen LogP contribution < -0.4 is 15.4 Å². The molecular formula is C23H22Cl2N2O2. The van der Waals surface area contributed by atoms with Gasteiger partial charge in [0.2, 0.25) is 0 Å². The number of benzene rings is 3. The van der Waals surface area contributed by atoms with Crippen LogP contribution in [0, 0.1) is 0 Å². The number of hydrogen-bond acceptors (Lipinski definition) is 3. The van der Waals surface area contributed by atoms with E-state index in [0.29, 0.717) is 27.9 Å². The Balaban J connectivity index is 1.61. The van der Waals surface area contributed by atoms with Gasteiger partial charge in [-0.1, -0.05) is 41.4 Å². The Morgan fingerprint density at radius 1 is 1.00 bits per heavy atom. The third-order valence-electron chi connectivity index (χ3n) is 4.59. The van der Waals surface area contributed by atoms with E-state index in [1.165, 1.54) is 0 Å². The standard InChI is InChI=1S/C23H22Cl2N2O2/c1-15(18-8-11-21(24)22(25)13-18)26-14-16-4-3-5-19(12-16)27-23(28)17-6-9-20(29-2)10-7-17/h3-13,15,26H,14H2,1-2H3,(H,27,28). The van der Waals surface area contributed by atoms with Crippen molar-refractivity contribution in [2.75, 3.05) is 12.4 Å². The third kappa shape index (κ3) is 5.73. The first-order valence-electron chi connectivity index (χ1n) is 9.19. The van der Waals surface area contributed by atoms with E-state index in [0.717, 1.165) is 16.8 Å². The highest BCUT2D eigenvalue weighted by Crippen LogP contribution is 2.25. The summed E-state index contributed by atoms with van der Waals surface area (Å²) < 4.78 is 5.12. The van der Waals surface area contributed by atoms with Crippen LogP contribution >= 0.6 is 23.2 Å². The van der Waals surface area contributed by atoms with Gasteiger partial charge in [-0.2, -0.15) is 0 Å². The average Bonchev–Trinajstić information content (AvgIpc) is 2.74. The molecule has 6 heteroatoms. The number of methoxy groups -OCH3 is 1. The first kappa shape index (κ1) is 21.2. The Hall–Kier alpha value is -2.53. The predicted octanol–water partition coefficient (Wildman–Crippen LogP) is 6.11. The van der Waals surface area contributed by atoms with Crippen LogP contribution in [0.2, 0.25) is 10.0 Å². The maximum Gasteiger partial charge on any atom is 0.255 e. The van der Waals surface area contributed by atoms with Crippen molar-refractivity contribution in [3.05, 3.63) is 93.5 Å².